The Kier molecular flexibility index (Phi) is 5.86. The first-order valence-corrected chi connectivity index (χ1v) is 8.64. The monoisotopic (exact) mass is 376 g/mol. The van der Waals surface area contributed by atoms with Crippen molar-refractivity contribution in [2.75, 3.05) is 11.1 Å². The molecule has 5 N–H and O–H groups in total. The topological polar surface area (TPSA) is 120 Å². The molecular formula is C21H20N4O3. The fraction of sp³-hybridized carbons (Fsp3) is 0.0952. The molecule has 7 heteroatoms. The fourth-order valence-corrected chi connectivity index (χ4v) is 2.75. The maximum atomic E-state index is 12.4. The minimum absolute atomic E-state index is 0.262. The molecule has 7 nitrogen and oxygen atoms in total. The molecule has 0 aliphatic rings. The van der Waals surface area contributed by atoms with E-state index in [1.54, 1.807) is 67.0 Å². The van der Waals surface area contributed by atoms with Crippen molar-refractivity contribution in [3.05, 3.63) is 89.7 Å². The summed E-state index contributed by atoms with van der Waals surface area (Å²) >= 11 is 0. The van der Waals surface area contributed by atoms with Gasteiger partial charge in [-0.25, -0.2) is 4.79 Å². The number of rotatable bonds is 6. The molecule has 1 atom stereocenters. The number of ether oxygens (including phenoxy) is 1. The molecule has 2 aromatic carbocycles. The maximum absolute atomic E-state index is 12.4. The first-order valence-electron chi connectivity index (χ1n) is 8.64. The second-order valence-corrected chi connectivity index (χ2v) is 6.15. The lowest BCUT2D eigenvalue weighted by Crippen LogP contribution is -2.19. The first-order chi connectivity index (χ1) is 13.5. The summed E-state index contributed by atoms with van der Waals surface area (Å²) in [4.78, 5) is 27.7. The van der Waals surface area contributed by atoms with E-state index in [0.717, 1.165) is 11.1 Å². The van der Waals surface area contributed by atoms with Crippen LogP contribution in [0.25, 0.3) is 0 Å². The van der Waals surface area contributed by atoms with Crippen LogP contribution in [0.3, 0.4) is 0 Å². The zero-order valence-electron chi connectivity index (χ0n) is 15.0. The van der Waals surface area contributed by atoms with Crippen molar-refractivity contribution in [2.45, 2.75) is 12.5 Å². The summed E-state index contributed by atoms with van der Waals surface area (Å²) in [7, 11) is 0. The predicted octanol–water partition coefficient (Wildman–Crippen LogP) is 3.30. The van der Waals surface area contributed by atoms with Crippen molar-refractivity contribution in [1.29, 1.82) is 0 Å². The molecule has 3 rings (SSSR count). The number of carbonyl (C=O) groups is 2. The summed E-state index contributed by atoms with van der Waals surface area (Å²) in [6.07, 6.45) is 2.25. The average molecular weight is 376 g/mol. The highest BCUT2D eigenvalue weighted by Gasteiger charge is 2.17. The van der Waals surface area contributed by atoms with E-state index in [-0.39, 0.29) is 5.91 Å². The first kappa shape index (κ1) is 18.9. The van der Waals surface area contributed by atoms with Gasteiger partial charge in [0.2, 0.25) is 0 Å². The van der Waals surface area contributed by atoms with E-state index in [0.29, 0.717) is 23.4 Å². The van der Waals surface area contributed by atoms with Gasteiger partial charge in [-0.1, -0.05) is 30.3 Å². The second-order valence-electron chi connectivity index (χ2n) is 6.15. The molecule has 0 fully saturated rings. The van der Waals surface area contributed by atoms with Crippen molar-refractivity contribution in [3.8, 4) is 0 Å². The standard InChI is InChI=1S/C21H20N4O3/c22-17-5-1-2-6-18(17)25-20(26)15-9-7-14(8-10-15)12-19(28-21(23)27)16-4-3-11-24-13-16/h1-11,13,19H,12,22H2,(H2,23,27)(H,25,26). The van der Waals surface area contributed by atoms with Gasteiger partial charge in [-0.15, -0.1) is 0 Å². The SMILES string of the molecule is NC(=O)OC(Cc1ccc(C(=O)Nc2ccccc2N)cc1)c1cccnc1. The van der Waals surface area contributed by atoms with Gasteiger partial charge in [0, 0.05) is 29.9 Å². The number of aromatic nitrogens is 1. The minimum atomic E-state index is -0.856. The van der Waals surface area contributed by atoms with Crippen LogP contribution in [-0.4, -0.2) is 17.0 Å². The highest BCUT2D eigenvalue weighted by Crippen LogP contribution is 2.23. The summed E-state index contributed by atoms with van der Waals surface area (Å²) in [6.45, 7) is 0. The van der Waals surface area contributed by atoms with Gasteiger partial charge in [0.1, 0.15) is 6.10 Å². The van der Waals surface area contributed by atoms with Crippen LogP contribution >= 0.6 is 0 Å². The summed E-state index contributed by atoms with van der Waals surface area (Å²) in [5.41, 5.74) is 14.2. The molecule has 2 amide bonds. The molecule has 1 heterocycles. The Labute approximate surface area is 162 Å². The fourth-order valence-electron chi connectivity index (χ4n) is 2.75. The zero-order valence-corrected chi connectivity index (χ0v) is 15.0. The van der Waals surface area contributed by atoms with Crippen LogP contribution in [0.5, 0.6) is 0 Å². The summed E-state index contributed by atoms with van der Waals surface area (Å²) < 4.78 is 5.22. The van der Waals surface area contributed by atoms with E-state index in [1.165, 1.54) is 0 Å². The Hall–Kier alpha value is -3.87. The largest absolute Gasteiger partial charge is 0.441 e. The van der Waals surface area contributed by atoms with E-state index in [1.807, 2.05) is 6.07 Å². The lowest BCUT2D eigenvalue weighted by Gasteiger charge is -2.17. The Morgan fingerprint density at radius 2 is 1.79 bits per heavy atom. The molecule has 0 aliphatic carbocycles. The number of nitrogens with two attached hydrogens (primary N) is 2. The molecule has 0 aliphatic heterocycles. The van der Waals surface area contributed by atoms with Crippen LogP contribution in [0.15, 0.2) is 73.1 Å². The molecule has 142 valence electrons. The van der Waals surface area contributed by atoms with Crippen LogP contribution in [0, 0.1) is 0 Å². The molecule has 1 aromatic heterocycles. The van der Waals surface area contributed by atoms with E-state index >= 15 is 0 Å². The second kappa shape index (κ2) is 8.68. The Bertz CT molecular complexity index is 959. The maximum Gasteiger partial charge on any atom is 0.405 e. The number of benzene rings is 2. The van der Waals surface area contributed by atoms with Gasteiger partial charge in [-0.3, -0.25) is 9.78 Å². The normalized spacial score (nSPS) is 11.4. The van der Waals surface area contributed by atoms with Crippen molar-refractivity contribution in [3.63, 3.8) is 0 Å². The van der Waals surface area contributed by atoms with Crippen LogP contribution in [-0.2, 0) is 11.2 Å². The number of hydrogen-bond acceptors (Lipinski definition) is 5. The Morgan fingerprint density at radius 1 is 1.04 bits per heavy atom. The van der Waals surface area contributed by atoms with E-state index in [9.17, 15) is 9.59 Å². The van der Waals surface area contributed by atoms with Crippen molar-refractivity contribution < 1.29 is 14.3 Å². The lowest BCUT2D eigenvalue weighted by atomic mass is 10.0. The quantitative estimate of drug-likeness (QED) is 0.570. The van der Waals surface area contributed by atoms with Crippen molar-refractivity contribution >= 4 is 23.4 Å². The van der Waals surface area contributed by atoms with Gasteiger partial charge in [0.25, 0.3) is 5.91 Å². The molecule has 0 saturated heterocycles. The molecule has 28 heavy (non-hydrogen) atoms. The van der Waals surface area contributed by atoms with Gasteiger partial charge in [0.05, 0.1) is 11.4 Å². The highest BCUT2D eigenvalue weighted by atomic mass is 16.6. The van der Waals surface area contributed by atoms with Gasteiger partial charge >= 0.3 is 6.09 Å². The number of hydrogen-bond donors (Lipinski definition) is 3. The summed E-state index contributed by atoms with van der Waals surface area (Å²) in [5.74, 6) is -0.262. The molecular weight excluding hydrogens is 356 g/mol. The van der Waals surface area contributed by atoms with Crippen molar-refractivity contribution in [2.24, 2.45) is 5.73 Å². The van der Waals surface area contributed by atoms with Crippen LogP contribution in [0.2, 0.25) is 0 Å². The molecule has 0 saturated carbocycles. The Balaban J connectivity index is 1.71. The smallest absolute Gasteiger partial charge is 0.405 e. The van der Waals surface area contributed by atoms with Gasteiger partial charge in [-0.2, -0.15) is 0 Å². The number of primary amides is 1. The van der Waals surface area contributed by atoms with Gasteiger partial charge < -0.3 is 21.5 Å². The number of nitrogens with zero attached hydrogens (tertiary/aromatic N) is 1. The third kappa shape index (κ3) is 4.85. The number of nitrogens with one attached hydrogen (secondary N) is 1. The number of nitrogen functional groups attached to an aromatic ring is 1. The number of para-hydroxylation sites is 2. The third-order valence-corrected chi connectivity index (χ3v) is 4.16. The number of amides is 2. The highest BCUT2D eigenvalue weighted by molar-refractivity contribution is 6.05. The summed E-state index contributed by atoms with van der Waals surface area (Å²) in [6, 6.07) is 17.6. The van der Waals surface area contributed by atoms with Gasteiger partial charge in [0.15, 0.2) is 0 Å². The molecule has 0 bridgehead atoms. The number of carbonyl (C=O) groups excluding carboxylic acids is 2. The van der Waals surface area contributed by atoms with E-state index in [2.05, 4.69) is 10.3 Å². The van der Waals surface area contributed by atoms with E-state index in [4.69, 9.17) is 16.2 Å². The van der Waals surface area contributed by atoms with E-state index < -0.39 is 12.2 Å². The van der Waals surface area contributed by atoms with Crippen LogP contribution < -0.4 is 16.8 Å². The number of anilines is 2. The molecule has 0 radical (unpaired) electrons. The third-order valence-electron chi connectivity index (χ3n) is 4.16. The van der Waals surface area contributed by atoms with Crippen LogP contribution in [0.1, 0.15) is 27.6 Å². The average Bonchev–Trinajstić information content (AvgIpc) is 2.70. The predicted molar refractivity (Wildman–Crippen MR) is 107 cm³/mol. The molecule has 3 aromatic rings. The minimum Gasteiger partial charge on any atom is -0.441 e. The number of pyridine rings is 1. The lowest BCUT2D eigenvalue weighted by molar-refractivity contribution is 0.102. The van der Waals surface area contributed by atoms with Crippen LogP contribution in [0.4, 0.5) is 16.2 Å². The van der Waals surface area contributed by atoms with Crippen molar-refractivity contribution in [1.82, 2.24) is 4.98 Å². The summed E-state index contributed by atoms with van der Waals surface area (Å²) in [5, 5.41) is 2.78. The molecule has 0 spiro atoms. The molecule has 1 unspecified atom stereocenters. The Morgan fingerprint density at radius 3 is 2.43 bits per heavy atom. The zero-order chi connectivity index (χ0) is 19.9. The van der Waals surface area contributed by atoms with Gasteiger partial charge in [-0.05, 0) is 35.9 Å².